The highest BCUT2D eigenvalue weighted by Crippen LogP contribution is 2.07. The van der Waals surface area contributed by atoms with Crippen LogP contribution < -0.4 is 0 Å². The Labute approximate surface area is 128 Å². The van der Waals surface area contributed by atoms with Gasteiger partial charge in [-0.25, -0.2) is 14.4 Å². The molecule has 1 aromatic carbocycles. The van der Waals surface area contributed by atoms with Crippen molar-refractivity contribution in [2.24, 2.45) is 0 Å². The normalized spacial score (nSPS) is 9.86. The number of ether oxygens (including phenoxy) is 2. The van der Waals surface area contributed by atoms with Crippen LogP contribution in [0.5, 0.6) is 0 Å². The van der Waals surface area contributed by atoms with Crippen molar-refractivity contribution in [3.8, 4) is 0 Å². The van der Waals surface area contributed by atoms with Crippen molar-refractivity contribution >= 4 is 17.9 Å². The van der Waals surface area contributed by atoms with Crippen LogP contribution in [0.15, 0.2) is 36.4 Å². The molecule has 0 bridgehead atoms. The summed E-state index contributed by atoms with van der Waals surface area (Å²) in [7, 11) is 0. The molecule has 1 rings (SSSR count). The number of aromatic carboxylic acids is 1. The molecule has 0 saturated carbocycles. The Morgan fingerprint density at radius 2 is 1.68 bits per heavy atom. The van der Waals surface area contributed by atoms with E-state index in [-0.39, 0.29) is 24.3 Å². The molecular formula is C16H18O6. The molecule has 0 amide bonds. The number of rotatable bonds is 8. The molecule has 118 valence electrons. The van der Waals surface area contributed by atoms with Crippen molar-refractivity contribution in [3.63, 3.8) is 0 Å². The van der Waals surface area contributed by atoms with Gasteiger partial charge in [0.1, 0.15) is 0 Å². The SMILES string of the molecule is C=C(C)C(=O)OCCCCOC(=O)c1cccc(C(=O)O)c1. The van der Waals surface area contributed by atoms with Crippen molar-refractivity contribution in [1.29, 1.82) is 0 Å². The van der Waals surface area contributed by atoms with E-state index >= 15 is 0 Å². The smallest absolute Gasteiger partial charge is 0.338 e. The van der Waals surface area contributed by atoms with Crippen molar-refractivity contribution in [2.45, 2.75) is 19.8 Å². The fourth-order valence-corrected chi connectivity index (χ4v) is 1.52. The van der Waals surface area contributed by atoms with E-state index < -0.39 is 17.9 Å². The van der Waals surface area contributed by atoms with Gasteiger partial charge in [-0.3, -0.25) is 0 Å². The van der Waals surface area contributed by atoms with Crippen LogP contribution in [0.4, 0.5) is 0 Å². The van der Waals surface area contributed by atoms with E-state index in [1.807, 2.05) is 0 Å². The van der Waals surface area contributed by atoms with Gasteiger partial charge >= 0.3 is 17.9 Å². The van der Waals surface area contributed by atoms with E-state index in [2.05, 4.69) is 6.58 Å². The molecule has 0 saturated heterocycles. The third kappa shape index (κ3) is 5.78. The first-order chi connectivity index (χ1) is 10.4. The topological polar surface area (TPSA) is 89.9 Å². The number of unbranched alkanes of at least 4 members (excludes halogenated alkanes) is 1. The van der Waals surface area contributed by atoms with Crippen LogP contribution >= 0.6 is 0 Å². The molecule has 0 atom stereocenters. The molecule has 0 aliphatic heterocycles. The van der Waals surface area contributed by atoms with Gasteiger partial charge in [0.25, 0.3) is 0 Å². The second kappa shape index (κ2) is 8.61. The second-order valence-corrected chi connectivity index (χ2v) is 4.65. The molecule has 0 aliphatic rings. The highest BCUT2D eigenvalue weighted by molar-refractivity contribution is 5.94. The summed E-state index contributed by atoms with van der Waals surface area (Å²) >= 11 is 0. The number of benzene rings is 1. The van der Waals surface area contributed by atoms with Crippen LogP contribution in [0.3, 0.4) is 0 Å². The third-order valence-corrected chi connectivity index (χ3v) is 2.70. The van der Waals surface area contributed by atoms with Gasteiger partial charge in [-0.05, 0) is 38.0 Å². The maximum Gasteiger partial charge on any atom is 0.338 e. The summed E-state index contributed by atoms with van der Waals surface area (Å²) in [4.78, 5) is 33.6. The molecule has 0 spiro atoms. The van der Waals surface area contributed by atoms with Gasteiger partial charge in [-0.15, -0.1) is 0 Å². The van der Waals surface area contributed by atoms with Crippen LogP contribution in [0.2, 0.25) is 0 Å². The molecule has 0 fully saturated rings. The Balaban J connectivity index is 2.29. The molecule has 0 unspecified atom stereocenters. The molecule has 6 nitrogen and oxygen atoms in total. The zero-order chi connectivity index (χ0) is 16.5. The number of carbonyl (C=O) groups is 3. The number of carboxylic acids is 1. The predicted molar refractivity (Wildman–Crippen MR) is 78.7 cm³/mol. The van der Waals surface area contributed by atoms with Gasteiger partial charge in [0.2, 0.25) is 0 Å². The molecule has 0 aromatic heterocycles. The summed E-state index contributed by atoms with van der Waals surface area (Å²) < 4.78 is 9.92. The minimum atomic E-state index is -1.10. The highest BCUT2D eigenvalue weighted by atomic mass is 16.5. The first-order valence-electron chi connectivity index (χ1n) is 6.75. The van der Waals surface area contributed by atoms with Gasteiger partial charge in [-0.1, -0.05) is 12.6 Å². The van der Waals surface area contributed by atoms with E-state index in [4.69, 9.17) is 14.6 Å². The van der Waals surface area contributed by atoms with Crippen molar-refractivity contribution in [2.75, 3.05) is 13.2 Å². The third-order valence-electron chi connectivity index (χ3n) is 2.70. The van der Waals surface area contributed by atoms with Crippen molar-refractivity contribution in [3.05, 3.63) is 47.5 Å². The molecule has 1 N–H and O–H groups in total. The fraction of sp³-hybridized carbons (Fsp3) is 0.312. The zero-order valence-electron chi connectivity index (χ0n) is 12.3. The highest BCUT2D eigenvalue weighted by Gasteiger charge is 2.10. The molecule has 0 heterocycles. The Morgan fingerprint density at radius 3 is 2.27 bits per heavy atom. The first-order valence-corrected chi connectivity index (χ1v) is 6.75. The average Bonchev–Trinajstić information content (AvgIpc) is 2.50. The number of carboxylic acid groups (broad SMARTS) is 1. The zero-order valence-corrected chi connectivity index (χ0v) is 12.3. The Hall–Kier alpha value is -2.63. The number of esters is 2. The van der Waals surface area contributed by atoms with Crippen molar-refractivity contribution in [1.82, 2.24) is 0 Å². The van der Waals surface area contributed by atoms with E-state index in [0.29, 0.717) is 18.4 Å². The number of hydrogen-bond acceptors (Lipinski definition) is 5. The lowest BCUT2D eigenvalue weighted by atomic mass is 10.1. The van der Waals surface area contributed by atoms with Crippen LogP contribution in [0, 0.1) is 0 Å². The van der Waals surface area contributed by atoms with E-state index in [9.17, 15) is 14.4 Å². The predicted octanol–water partition coefficient (Wildman–Crippen LogP) is 2.44. The lowest BCUT2D eigenvalue weighted by Gasteiger charge is -2.06. The largest absolute Gasteiger partial charge is 0.478 e. The fourth-order valence-electron chi connectivity index (χ4n) is 1.52. The Morgan fingerprint density at radius 1 is 1.09 bits per heavy atom. The van der Waals surface area contributed by atoms with Crippen LogP contribution in [-0.4, -0.2) is 36.2 Å². The van der Waals surface area contributed by atoms with E-state index in [0.717, 1.165) is 0 Å². The average molecular weight is 306 g/mol. The molecule has 0 radical (unpaired) electrons. The van der Waals surface area contributed by atoms with Crippen LogP contribution in [-0.2, 0) is 14.3 Å². The summed E-state index contributed by atoms with van der Waals surface area (Å²) in [6, 6.07) is 5.63. The summed E-state index contributed by atoms with van der Waals surface area (Å²) in [6.45, 7) is 5.43. The lowest BCUT2D eigenvalue weighted by Crippen LogP contribution is -2.10. The first kappa shape index (κ1) is 17.4. The molecule has 0 aliphatic carbocycles. The number of hydrogen-bond donors (Lipinski definition) is 1. The minimum absolute atomic E-state index is 0.0288. The Kier molecular flexibility index (Phi) is 6.82. The number of carbonyl (C=O) groups excluding carboxylic acids is 2. The minimum Gasteiger partial charge on any atom is -0.478 e. The van der Waals surface area contributed by atoms with Gasteiger partial charge in [0, 0.05) is 5.57 Å². The molecule has 6 heteroatoms. The lowest BCUT2D eigenvalue weighted by molar-refractivity contribution is -0.139. The summed E-state index contributed by atoms with van der Waals surface area (Å²) in [5, 5.41) is 8.85. The summed E-state index contributed by atoms with van der Waals surface area (Å²) in [5.74, 6) is -2.13. The monoisotopic (exact) mass is 306 g/mol. The molecule has 1 aromatic rings. The maximum atomic E-state index is 11.7. The quantitative estimate of drug-likeness (QED) is 0.451. The van der Waals surface area contributed by atoms with E-state index in [1.165, 1.54) is 24.3 Å². The van der Waals surface area contributed by atoms with Gasteiger partial charge in [-0.2, -0.15) is 0 Å². The second-order valence-electron chi connectivity index (χ2n) is 4.65. The molecule has 22 heavy (non-hydrogen) atoms. The maximum absolute atomic E-state index is 11.7. The van der Waals surface area contributed by atoms with Gasteiger partial charge in [0.05, 0.1) is 24.3 Å². The van der Waals surface area contributed by atoms with Crippen LogP contribution in [0.25, 0.3) is 0 Å². The van der Waals surface area contributed by atoms with Gasteiger partial charge < -0.3 is 14.6 Å². The summed E-state index contributed by atoms with van der Waals surface area (Å²) in [6.07, 6.45) is 1.09. The molecular weight excluding hydrogens is 288 g/mol. The van der Waals surface area contributed by atoms with E-state index in [1.54, 1.807) is 6.92 Å². The van der Waals surface area contributed by atoms with Gasteiger partial charge in [0.15, 0.2) is 0 Å². The summed E-state index contributed by atoms with van der Waals surface area (Å²) in [5.41, 5.74) is 0.555. The van der Waals surface area contributed by atoms with Crippen LogP contribution in [0.1, 0.15) is 40.5 Å². The Bertz CT molecular complexity index is 576. The standard InChI is InChI=1S/C16H18O6/c1-11(2)15(19)21-8-3-4-9-22-16(20)13-7-5-6-12(10-13)14(17)18/h5-7,10H,1,3-4,8-9H2,2H3,(H,17,18). The van der Waals surface area contributed by atoms with Crippen molar-refractivity contribution < 1.29 is 29.0 Å².